The van der Waals surface area contributed by atoms with Crippen molar-refractivity contribution in [2.75, 3.05) is 12.4 Å². The van der Waals surface area contributed by atoms with Crippen molar-refractivity contribution < 1.29 is 23.9 Å². The molecule has 0 saturated carbocycles. The number of pyridine rings is 1. The van der Waals surface area contributed by atoms with Crippen LogP contribution in [0.5, 0.6) is 0 Å². The van der Waals surface area contributed by atoms with Crippen LogP contribution in [0.1, 0.15) is 66.2 Å². The molecule has 0 spiro atoms. The van der Waals surface area contributed by atoms with E-state index in [0.717, 1.165) is 25.7 Å². The molecule has 0 radical (unpaired) electrons. The molecule has 1 rings (SSSR count). The average molecular weight is 593 g/mol. The maximum absolute atomic E-state index is 13.2. The van der Waals surface area contributed by atoms with E-state index < -0.39 is 29.4 Å². The maximum Gasteiger partial charge on any atom is 0.330 e. The van der Waals surface area contributed by atoms with Crippen LogP contribution in [-0.4, -0.2) is 47.5 Å². The number of anilines is 1. The summed E-state index contributed by atoms with van der Waals surface area (Å²) >= 11 is 0.645. The Morgan fingerprint density at radius 2 is 1.83 bits per heavy atom. The topological polar surface area (TPSA) is 188 Å². The normalized spacial score (nSPS) is 14.0. The Kier molecular flexibility index (Phi) is 16.2. The van der Waals surface area contributed by atoms with E-state index in [1.807, 2.05) is 6.92 Å². The standard InChI is InChI=1S/C28H44N6O6S/c1-6-12-19(7-2)20(8-3)31-23(35)17-34-16-11-14-22(28(34)39)33-26(37)21(13-9-10-15-24(36)40-5)32-27(38)25(41-30)18(4)29/h10-11,14-16,19-21H,6-9,12-13,17,29-30H2,1-5H3,(H,31,35)(H,32,38)(H,33,37)/b15-10+,25-18-/t19?,20?,21-/m0/s1. The van der Waals surface area contributed by atoms with Crippen molar-refractivity contribution in [3.05, 3.63) is 51.4 Å². The van der Waals surface area contributed by atoms with Gasteiger partial charge in [-0.2, -0.15) is 0 Å². The van der Waals surface area contributed by atoms with Gasteiger partial charge in [-0.25, -0.2) is 4.79 Å². The number of carbonyl (C=O) groups excluding carboxylic acids is 4. The molecule has 0 aliphatic rings. The van der Waals surface area contributed by atoms with Crippen LogP contribution in [0.3, 0.4) is 0 Å². The summed E-state index contributed by atoms with van der Waals surface area (Å²) in [7, 11) is 1.24. The molecule has 228 valence electrons. The number of nitrogens with two attached hydrogens (primary N) is 2. The van der Waals surface area contributed by atoms with Gasteiger partial charge >= 0.3 is 5.97 Å². The van der Waals surface area contributed by atoms with E-state index in [4.69, 9.17) is 10.9 Å². The zero-order valence-corrected chi connectivity index (χ0v) is 25.3. The average Bonchev–Trinajstić information content (AvgIpc) is 2.94. The van der Waals surface area contributed by atoms with Crippen molar-refractivity contribution in [1.82, 2.24) is 15.2 Å². The third-order valence-electron chi connectivity index (χ3n) is 6.51. The van der Waals surface area contributed by atoms with Crippen molar-refractivity contribution in [1.29, 1.82) is 0 Å². The summed E-state index contributed by atoms with van der Waals surface area (Å²) in [6.07, 6.45) is 8.24. The molecule has 1 aromatic rings. The minimum Gasteiger partial charge on any atom is -0.466 e. The van der Waals surface area contributed by atoms with Crippen LogP contribution >= 0.6 is 11.9 Å². The zero-order chi connectivity index (χ0) is 30.9. The van der Waals surface area contributed by atoms with E-state index >= 15 is 0 Å². The molecule has 1 aromatic heterocycles. The van der Waals surface area contributed by atoms with Gasteiger partial charge in [0.2, 0.25) is 11.8 Å². The number of aromatic nitrogens is 1. The van der Waals surface area contributed by atoms with Crippen LogP contribution in [-0.2, 0) is 30.5 Å². The van der Waals surface area contributed by atoms with Crippen molar-refractivity contribution >= 4 is 41.3 Å². The second-order valence-corrected chi connectivity index (χ2v) is 10.2. The fourth-order valence-corrected chi connectivity index (χ4v) is 4.68. The number of rotatable bonds is 17. The molecule has 13 heteroatoms. The Bertz CT molecular complexity index is 1160. The van der Waals surface area contributed by atoms with Gasteiger partial charge < -0.3 is 31.0 Å². The Labute approximate surface area is 245 Å². The molecule has 0 aliphatic carbocycles. The highest BCUT2D eigenvalue weighted by Gasteiger charge is 2.24. The van der Waals surface area contributed by atoms with Crippen LogP contribution in [0.15, 0.2) is 45.9 Å². The molecule has 0 saturated heterocycles. The minimum atomic E-state index is -1.10. The first-order chi connectivity index (χ1) is 19.5. The first kappa shape index (κ1) is 35.4. The van der Waals surface area contributed by atoms with Crippen molar-refractivity contribution in [2.45, 2.75) is 84.8 Å². The highest BCUT2D eigenvalue weighted by Crippen LogP contribution is 2.18. The van der Waals surface area contributed by atoms with Crippen molar-refractivity contribution in [3.8, 4) is 0 Å². The number of nitrogens with zero attached hydrogens (tertiary/aromatic N) is 1. The summed E-state index contributed by atoms with van der Waals surface area (Å²) in [5.74, 6) is -1.84. The fourth-order valence-electron chi connectivity index (χ4n) is 4.33. The van der Waals surface area contributed by atoms with E-state index in [9.17, 15) is 24.0 Å². The highest BCUT2D eigenvalue weighted by atomic mass is 32.2. The lowest BCUT2D eigenvalue weighted by atomic mass is 9.90. The number of methoxy groups -OCH3 is 1. The van der Waals surface area contributed by atoms with Crippen LogP contribution in [0.25, 0.3) is 0 Å². The van der Waals surface area contributed by atoms with Gasteiger partial charge in [-0.05, 0) is 62.6 Å². The van der Waals surface area contributed by atoms with Gasteiger partial charge in [0.05, 0.1) is 7.11 Å². The van der Waals surface area contributed by atoms with E-state index in [-0.39, 0.29) is 47.6 Å². The van der Waals surface area contributed by atoms with Crippen LogP contribution < -0.4 is 32.4 Å². The quantitative estimate of drug-likeness (QED) is 0.103. The third kappa shape index (κ3) is 11.8. The number of carbonyl (C=O) groups is 4. The largest absolute Gasteiger partial charge is 0.466 e. The van der Waals surface area contributed by atoms with Crippen molar-refractivity contribution in [2.24, 2.45) is 16.8 Å². The van der Waals surface area contributed by atoms with Crippen LogP contribution in [0, 0.1) is 5.92 Å². The molecule has 41 heavy (non-hydrogen) atoms. The zero-order valence-electron chi connectivity index (χ0n) is 24.5. The molecular weight excluding hydrogens is 548 g/mol. The Morgan fingerprint density at radius 1 is 1.12 bits per heavy atom. The Balaban J connectivity index is 3.10. The molecule has 3 atom stereocenters. The molecule has 2 unspecified atom stereocenters. The SMILES string of the molecule is CCCC(CC)C(CC)NC(=O)Cn1cccc(NC(=O)[C@H](CC/C=C/C(=O)OC)NC(=O)/C(SN)=C(\C)N)c1=O. The molecule has 12 nitrogen and oxygen atoms in total. The van der Waals surface area contributed by atoms with Crippen molar-refractivity contribution in [3.63, 3.8) is 0 Å². The van der Waals surface area contributed by atoms with Gasteiger partial charge in [0, 0.05) is 24.0 Å². The van der Waals surface area contributed by atoms with Gasteiger partial charge in [0.1, 0.15) is 23.2 Å². The van der Waals surface area contributed by atoms with Gasteiger partial charge in [0.25, 0.3) is 11.5 Å². The lowest BCUT2D eigenvalue weighted by Crippen LogP contribution is -2.45. The van der Waals surface area contributed by atoms with Crippen LogP contribution in [0.4, 0.5) is 5.69 Å². The predicted molar refractivity (Wildman–Crippen MR) is 161 cm³/mol. The lowest BCUT2D eigenvalue weighted by molar-refractivity contribution is -0.134. The summed E-state index contributed by atoms with van der Waals surface area (Å²) in [4.78, 5) is 63.2. The number of hydrogen-bond acceptors (Lipinski definition) is 9. The Hall–Kier alpha value is -3.58. The smallest absolute Gasteiger partial charge is 0.330 e. The summed E-state index contributed by atoms with van der Waals surface area (Å²) in [6, 6.07) is 1.87. The molecule has 0 bridgehead atoms. The molecule has 0 aromatic carbocycles. The molecule has 3 amide bonds. The van der Waals surface area contributed by atoms with Gasteiger partial charge in [-0.1, -0.05) is 39.7 Å². The first-order valence-electron chi connectivity index (χ1n) is 13.7. The number of hydrogen-bond donors (Lipinski definition) is 5. The minimum absolute atomic E-state index is 0.00595. The van der Waals surface area contributed by atoms with E-state index in [2.05, 4.69) is 34.5 Å². The van der Waals surface area contributed by atoms with Crippen LogP contribution in [0.2, 0.25) is 0 Å². The molecular formula is C28H44N6O6S. The van der Waals surface area contributed by atoms with E-state index in [1.54, 1.807) is 6.07 Å². The van der Waals surface area contributed by atoms with Gasteiger partial charge in [-0.3, -0.25) is 24.3 Å². The lowest BCUT2D eigenvalue weighted by Gasteiger charge is -2.26. The van der Waals surface area contributed by atoms with Gasteiger partial charge in [-0.15, -0.1) is 0 Å². The fraction of sp³-hybridized carbons (Fsp3) is 0.536. The molecule has 7 N–H and O–H groups in total. The molecule has 0 aliphatic heterocycles. The third-order valence-corrected chi connectivity index (χ3v) is 7.26. The molecule has 0 fully saturated rings. The number of ether oxygens (including phenoxy) is 1. The summed E-state index contributed by atoms with van der Waals surface area (Å²) in [6.45, 7) is 7.52. The monoisotopic (exact) mass is 592 g/mol. The highest BCUT2D eigenvalue weighted by molar-refractivity contribution is 8.01. The summed E-state index contributed by atoms with van der Waals surface area (Å²) < 4.78 is 5.77. The number of nitrogens with one attached hydrogen (secondary N) is 3. The second-order valence-electron chi connectivity index (χ2n) is 9.54. The van der Waals surface area contributed by atoms with E-state index in [0.29, 0.717) is 17.9 Å². The van der Waals surface area contributed by atoms with Gasteiger partial charge in [0.15, 0.2) is 0 Å². The molecule has 1 heterocycles. The summed E-state index contributed by atoms with van der Waals surface area (Å²) in [5.41, 5.74) is 5.27. The maximum atomic E-state index is 13.2. The number of esters is 1. The van der Waals surface area contributed by atoms with E-state index in [1.165, 1.54) is 43.0 Å². The second kappa shape index (κ2) is 18.7. The first-order valence-corrected chi connectivity index (χ1v) is 14.6. The number of allylic oxidation sites excluding steroid dienone is 2. The number of amides is 3. The Morgan fingerprint density at radius 3 is 2.39 bits per heavy atom. The summed E-state index contributed by atoms with van der Waals surface area (Å²) in [5, 5.41) is 13.7. The predicted octanol–water partition coefficient (Wildman–Crippen LogP) is 2.30.